The number of hydrogen-bond acceptors (Lipinski definition) is 3. The maximum Gasteiger partial charge on any atom is 0.246 e. The van der Waals surface area contributed by atoms with Crippen molar-refractivity contribution in [2.24, 2.45) is 0 Å². The second-order valence-corrected chi connectivity index (χ2v) is 3.17. The van der Waals surface area contributed by atoms with Crippen LogP contribution in [0.2, 0.25) is 0 Å². The highest BCUT2D eigenvalue weighted by Gasteiger charge is 1.99. The van der Waals surface area contributed by atoms with Gasteiger partial charge in [0.15, 0.2) is 0 Å². The third kappa shape index (κ3) is 15.2. The van der Waals surface area contributed by atoms with Gasteiger partial charge in [-0.1, -0.05) is 13.2 Å². The van der Waals surface area contributed by atoms with Gasteiger partial charge in [0.2, 0.25) is 5.91 Å². The molecular formula is C11H19N3O. The maximum atomic E-state index is 10.9. The summed E-state index contributed by atoms with van der Waals surface area (Å²) in [5, 5.41) is 10.2. The zero-order valence-corrected chi connectivity index (χ0v) is 9.71. The number of carbonyl (C=O) groups excluding carboxylic acids is 1. The summed E-state index contributed by atoms with van der Waals surface area (Å²) >= 11 is 0. The summed E-state index contributed by atoms with van der Waals surface area (Å²) in [4.78, 5) is 12.9. The molecule has 0 saturated heterocycles. The van der Waals surface area contributed by atoms with Crippen LogP contribution >= 0.6 is 0 Å². The minimum Gasteiger partial charge on any atom is -0.351 e. The first-order chi connectivity index (χ1) is 6.95. The standard InChI is InChI=1S/C8H16N2O.C3H3N/c1-7(2)8(11)9-5-6-10(3)4;1-2-3-4/h1,5-6H2,2-4H3,(H,9,11);2H,1H2. The van der Waals surface area contributed by atoms with Crippen LogP contribution in [0.15, 0.2) is 24.8 Å². The molecule has 4 nitrogen and oxygen atoms in total. The van der Waals surface area contributed by atoms with Crippen molar-refractivity contribution in [2.75, 3.05) is 27.2 Å². The lowest BCUT2D eigenvalue weighted by Gasteiger charge is -2.09. The Bertz CT molecular complexity index is 251. The van der Waals surface area contributed by atoms with Crippen molar-refractivity contribution in [2.45, 2.75) is 6.92 Å². The van der Waals surface area contributed by atoms with Crippen LogP contribution in [0.1, 0.15) is 6.92 Å². The Morgan fingerprint density at radius 1 is 1.60 bits per heavy atom. The van der Waals surface area contributed by atoms with E-state index < -0.39 is 0 Å². The summed E-state index contributed by atoms with van der Waals surface area (Å²) in [5.74, 6) is -0.0631. The van der Waals surface area contributed by atoms with Crippen LogP contribution in [-0.2, 0) is 4.79 Å². The van der Waals surface area contributed by atoms with Crippen LogP contribution < -0.4 is 5.32 Å². The molecule has 0 unspecified atom stereocenters. The van der Waals surface area contributed by atoms with E-state index in [1.165, 1.54) is 6.08 Å². The molecule has 1 N–H and O–H groups in total. The molecule has 0 fully saturated rings. The van der Waals surface area contributed by atoms with Gasteiger partial charge in [0, 0.05) is 24.7 Å². The molecule has 0 aromatic heterocycles. The summed E-state index contributed by atoms with van der Waals surface area (Å²) in [6.07, 6.45) is 1.18. The molecule has 0 heterocycles. The zero-order chi connectivity index (χ0) is 12.3. The van der Waals surface area contributed by atoms with E-state index in [-0.39, 0.29) is 5.91 Å². The van der Waals surface area contributed by atoms with Crippen molar-refractivity contribution < 1.29 is 4.79 Å². The SMILES string of the molecule is C=C(C)C(=O)NCCN(C)C.C=CC#N. The lowest BCUT2D eigenvalue weighted by Crippen LogP contribution is -2.31. The Morgan fingerprint density at radius 3 is 2.33 bits per heavy atom. The molecule has 0 spiro atoms. The van der Waals surface area contributed by atoms with Crippen molar-refractivity contribution >= 4 is 5.91 Å². The first kappa shape index (κ1) is 15.9. The average molecular weight is 209 g/mol. The van der Waals surface area contributed by atoms with E-state index in [0.29, 0.717) is 12.1 Å². The largest absolute Gasteiger partial charge is 0.351 e. The fourth-order valence-electron chi connectivity index (χ4n) is 0.544. The minimum absolute atomic E-state index is 0.0631. The molecule has 0 aliphatic carbocycles. The molecule has 0 atom stereocenters. The Balaban J connectivity index is 0. The Labute approximate surface area is 91.9 Å². The number of rotatable bonds is 4. The van der Waals surface area contributed by atoms with Gasteiger partial charge in [0.1, 0.15) is 0 Å². The number of allylic oxidation sites excluding steroid dienone is 1. The van der Waals surface area contributed by atoms with Crippen molar-refractivity contribution in [1.29, 1.82) is 5.26 Å². The lowest BCUT2D eigenvalue weighted by molar-refractivity contribution is -0.117. The number of amides is 1. The second kappa shape index (κ2) is 10.5. The second-order valence-electron chi connectivity index (χ2n) is 3.17. The molecule has 0 aliphatic rings. The monoisotopic (exact) mass is 209 g/mol. The fourth-order valence-corrected chi connectivity index (χ4v) is 0.544. The normalized spacial score (nSPS) is 8.20. The van der Waals surface area contributed by atoms with E-state index in [4.69, 9.17) is 5.26 Å². The zero-order valence-electron chi connectivity index (χ0n) is 9.71. The van der Waals surface area contributed by atoms with E-state index in [1.807, 2.05) is 19.0 Å². The summed E-state index contributed by atoms with van der Waals surface area (Å²) in [6, 6.07) is 1.69. The van der Waals surface area contributed by atoms with Gasteiger partial charge in [-0.15, -0.1) is 0 Å². The quantitative estimate of drug-likeness (QED) is 0.553. The molecule has 0 bridgehead atoms. The predicted octanol–water partition coefficient (Wildman–Crippen LogP) is 0.936. The molecule has 15 heavy (non-hydrogen) atoms. The predicted molar refractivity (Wildman–Crippen MR) is 62.2 cm³/mol. The van der Waals surface area contributed by atoms with E-state index in [0.717, 1.165) is 6.54 Å². The highest BCUT2D eigenvalue weighted by atomic mass is 16.1. The van der Waals surface area contributed by atoms with E-state index >= 15 is 0 Å². The molecule has 4 heteroatoms. The van der Waals surface area contributed by atoms with Gasteiger partial charge in [-0.25, -0.2) is 0 Å². The Morgan fingerprint density at radius 2 is 2.07 bits per heavy atom. The molecule has 0 aromatic rings. The van der Waals surface area contributed by atoms with E-state index in [9.17, 15) is 4.79 Å². The maximum absolute atomic E-state index is 10.9. The third-order valence-electron chi connectivity index (χ3n) is 1.32. The molecule has 0 rings (SSSR count). The molecule has 1 amide bonds. The van der Waals surface area contributed by atoms with Crippen LogP contribution in [0, 0.1) is 11.3 Å². The summed E-state index contributed by atoms with van der Waals surface area (Å²) < 4.78 is 0. The highest BCUT2D eigenvalue weighted by molar-refractivity contribution is 5.92. The first-order valence-corrected chi connectivity index (χ1v) is 4.54. The number of nitriles is 1. The number of hydrogen-bond donors (Lipinski definition) is 1. The summed E-state index contributed by atoms with van der Waals surface area (Å²) in [6.45, 7) is 9.88. The fraction of sp³-hybridized carbons (Fsp3) is 0.455. The molecule has 0 aromatic carbocycles. The van der Waals surface area contributed by atoms with Gasteiger partial charge in [-0.3, -0.25) is 4.79 Å². The molecule has 84 valence electrons. The van der Waals surface area contributed by atoms with Crippen molar-refractivity contribution in [3.63, 3.8) is 0 Å². The van der Waals surface area contributed by atoms with E-state index in [2.05, 4.69) is 18.5 Å². The van der Waals surface area contributed by atoms with Gasteiger partial charge in [0.05, 0.1) is 6.07 Å². The molecular weight excluding hydrogens is 190 g/mol. The van der Waals surface area contributed by atoms with Gasteiger partial charge in [-0.2, -0.15) is 5.26 Å². The van der Waals surface area contributed by atoms with Gasteiger partial charge in [-0.05, 0) is 21.0 Å². The van der Waals surface area contributed by atoms with Crippen molar-refractivity contribution in [3.8, 4) is 6.07 Å². The van der Waals surface area contributed by atoms with Crippen LogP contribution in [0.4, 0.5) is 0 Å². The number of nitrogens with one attached hydrogen (secondary N) is 1. The number of likely N-dealkylation sites (N-methyl/N-ethyl adjacent to an activating group) is 1. The van der Waals surface area contributed by atoms with Gasteiger partial charge in [0.25, 0.3) is 0 Å². The highest BCUT2D eigenvalue weighted by Crippen LogP contribution is 1.84. The number of carbonyl (C=O) groups is 1. The topological polar surface area (TPSA) is 56.1 Å². The first-order valence-electron chi connectivity index (χ1n) is 4.54. The molecule has 0 saturated carbocycles. The van der Waals surface area contributed by atoms with Crippen LogP contribution in [0.25, 0.3) is 0 Å². The number of nitrogens with zero attached hydrogens (tertiary/aromatic N) is 2. The molecule has 0 aliphatic heterocycles. The van der Waals surface area contributed by atoms with E-state index in [1.54, 1.807) is 13.0 Å². The van der Waals surface area contributed by atoms with Crippen LogP contribution in [-0.4, -0.2) is 38.0 Å². The lowest BCUT2D eigenvalue weighted by atomic mass is 10.3. The average Bonchev–Trinajstić information content (AvgIpc) is 2.17. The smallest absolute Gasteiger partial charge is 0.246 e. The Hall–Kier alpha value is -1.60. The van der Waals surface area contributed by atoms with Gasteiger partial charge < -0.3 is 10.2 Å². The third-order valence-corrected chi connectivity index (χ3v) is 1.32. The van der Waals surface area contributed by atoms with Crippen molar-refractivity contribution in [3.05, 3.63) is 24.8 Å². The molecule has 0 radical (unpaired) electrons. The van der Waals surface area contributed by atoms with Gasteiger partial charge >= 0.3 is 0 Å². The van der Waals surface area contributed by atoms with Crippen LogP contribution in [0.3, 0.4) is 0 Å². The summed E-state index contributed by atoms with van der Waals surface area (Å²) in [5.41, 5.74) is 0.559. The Kier molecular flexibility index (Phi) is 11.1. The van der Waals surface area contributed by atoms with Crippen molar-refractivity contribution in [1.82, 2.24) is 10.2 Å². The minimum atomic E-state index is -0.0631. The van der Waals surface area contributed by atoms with Crippen LogP contribution in [0.5, 0.6) is 0 Å². The summed E-state index contributed by atoms with van der Waals surface area (Å²) in [7, 11) is 3.93.